The van der Waals surface area contributed by atoms with Gasteiger partial charge in [-0.15, -0.1) is 0 Å². The van der Waals surface area contributed by atoms with E-state index in [1.807, 2.05) is 0 Å². The summed E-state index contributed by atoms with van der Waals surface area (Å²) in [7, 11) is 0. The summed E-state index contributed by atoms with van der Waals surface area (Å²) in [5.41, 5.74) is 16.3. The van der Waals surface area contributed by atoms with Crippen LogP contribution in [-0.4, -0.2) is 82.4 Å². The molecule has 0 aromatic heterocycles. The van der Waals surface area contributed by atoms with Gasteiger partial charge in [0, 0.05) is 12.2 Å². The first-order valence-corrected chi connectivity index (χ1v) is 10.7. The fourth-order valence-electron chi connectivity index (χ4n) is 2.58. The molecular formula is C18H34N6O7S. The van der Waals surface area contributed by atoms with Crippen molar-refractivity contribution in [1.82, 2.24) is 16.0 Å². The predicted octanol–water partition coefficient (Wildman–Crippen LogP) is -3.44. The molecule has 0 aliphatic rings. The minimum atomic E-state index is -1.64. The maximum absolute atomic E-state index is 12.6. The van der Waals surface area contributed by atoms with Crippen molar-refractivity contribution in [2.45, 2.75) is 69.3 Å². The standard InChI is InChI=1S/C18H34N6O7S/c1-9(25)14(18(30)31)24-16(28)11(5-6-13(21)26)22-17(29)12(8-32)23-15(27)10(20)4-2-3-7-19/h9-12,14,25,32H,2-8,19-20H2,1H3,(H2,21,26)(H,22,29)(H,23,27)(H,24,28)(H,30,31). The number of thiol groups is 1. The van der Waals surface area contributed by atoms with E-state index in [2.05, 4.69) is 28.6 Å². The number of aliphatic hydroxyl groups excluding tert-OH is 1. The third-order valence-electron chi connectivity index (χ3n) is 4.48. The molecular weight excluding hydrogens is 444 g/mol. The zero-order valence-electron chi connectivity index (χ0n) is 18.0. The second-order valence-corrected chi connectivity index (χ2v) is 7.63. The van der Waals surface area contributed by atoms with Gasteiger partial charge in [0.05, 0.1) is 12.1 Å². The van der Waals surface area contributed by atoms with Crippen molar-refractivity contribution < 1.29 is 34.2 Å². The Kier molecular flexibility index (Phi) is 14.2. The lowest BCUT2D eigenvalue weighted by Gasteiger charge is -2.25. The van der Waals surface area contributed by atoms with E-state index >= 15 is 0 Å². The molecule has 0 aliphatic heterocycles. The quantitative estimate of drug-likeness (QED) is 0.0790. The van der Waals surface area contributed by atoms with Crippen molar-refractivity contribution in [3.8, 4) is 0 Å². The first-order chi connectivity index (χ1) is 14.9. The Morgan fingerprint density at radius 3 is 1.97 bits per heavy atom. The van der Waals surface area contributed by atoms with Crippen LogP contribution in [0.1, 0.15) is 39.0 Å². The maximum Gasteiger partial charge on any atom is 0.328 e. The molecule has 0 bridgehead atoms. The molecule has 32 heavy (non-hydrogen) atoms. The van der Waals surface area contributed by atoms with Gasteiger partial charge in [0.25, 0.3) is 0 Å². The SMILES string of the molecule is CC(O)C(NC(=O)C(CCC(N)=O)NC(=O)C(CS)NC(=O)C(N)CCCCN)C(=O)O. The van der Waals surface area contributed by atoms with Gasteiger partial charge in [-0.1, -0.05) is 6.42 Å². The van der Waals surface area contributed by atoms with Gasteiger partial charge in [-0.25, -0.2) is 4.79 Å². The summed E-state index contributed by atoms with van der Waals surface area (Å²) in [5, 5.41) is 25.5. The van der Waals surface area contributed by atoms with Crippen molar-refractivity contribution in [2.24, 2.45) is 17.2 Å². The van der Waals surface area contributed by atoms with Gasteiger partial charge in [0.1, 0.15) is 12.1 Å². The van der Waals surface area contributed by atoms with Crippen LogP contribution < -0.4 is 33.2 Å². The van der Waals surface area contributed by atoms with Crippen LogP contribution in [0.25, 0.3) is 0 Å². The number of hydrogen-bond donors (Lipinski definition) is 9. The van der Waals surface area contributed by atoms with Gasteiger partial charge in [0.2, 0.25) is 23.6 Å². The van der Waals surface area contributed by atoms with Gasteiger partial charge in [0.15, 0.2) is 6.04 Å². The number of carbonyl (C=O) groups excluding carboxylic acids is 4. The summed E-state index contributed by atoms with van der Waals surface area (Å²) >= 11 is 4.03. The number of aliphatic carboxylic acids is 1. The summed E-state index contributed by atoms with van der Waals surface area (Å²) in [4.78, 5) is 59.7. The van der Waals surface area contributed by atoms with Crippen molar-refractivity contribution in [3.05, 3.63) is 0 Å². The smallest absolute Gasteiger partial charge is 0.328 e. The highest BCUT2D eigenvalue weighted by Gasteiger charge is 2.31. The van der Waals surface area contributed by atoms with Crippen LogP contribution in [0.5, 0.6) is 0 Å². The zero-order valence-corrected chi connectivity index (χ0v) is 18.8. The molecule has 184 valence electrons. The lowest BCUT2D eigenvalue weighted by molar-refractivity contribution is -0.145. The summed E-state index contributed by atoms with van der Waals surface area (Å²) in [6, 6.07) is -5.01. The van der Waals surface area contributed by atoms with Gasteiger partial charge < -0.3 is 43.4 Å². The maximum atomic E-state index is 12.6. The van der Waals surface area contributed by atoms with Gasteiger partial charge in [-0.3, -0.25) is 19.2 Å². The largest absolute Gasteiger partial charge is 0.480 e. The zero-order chi connectivity index (χ0) is 24.8. The number of rotatable bonds is 16. The topological polar surface area (TPSA) is 240 Å². The number of amides is 4. The first kappa shape index (κ1) is 29.6. The molecule has 0 rings (SSSR count). The van der Waals surface area contributed by atoms with Gasteiger partial charge >= 0.3 is 5.97 Å². The van der Waals surface area contributed by atoms with Crippen LogP contribution in [0.4, 0.5) is 0 Å². The second-order valence-electron chi connectivity index (χ2n) is 7.27. The first-order valence-electron chi connectivity index (χ1n) is 10.1. The molecule has 0 radical (unpaired) electrons. The highest BCUT2D eigenvalue weighted by Crippen LogP contribution is 2.04. The molecule has 0 heterocycles. The van der Waals surface area contributed by atoms with Crippen LogP contribution >= 0.6 is 12.6 Å². The average Bonchev–Trinajstić information content (AvgIpc) is 2.71. The number of carbonyl (C=O) groups is 5. The van der Waals surface area contributed by atoms with Crippen molar-refractivity contribution in [2.75, 3.05) is 12.3 Å². The third kappa shape index (κ3) is 11.3. The fraction of sp³-hybridized carbons (Fsp3) is 0.722. The molecule has 0 saturated heterocycles. The average molecular weight is 479 g/mol. The highest BCUT2D eigenvalue weighted by molar-refractivity contribution is 7.80. The van der Waals surface area contributed by atoms with E-state index in [1.54, 1.807) is 0 Å². The van der Waals surface area contributed by atoms with Gasteiger partial charge in [-0.05, 0) is 32.7 Å². The van der Waals surface area contributed by atoms with Crippen LogP contribution in [0, 0.1) is 0 Å². The number of unbranched alkanes of at least 4 members (excludes halogenated alkanes) is 1. The number of carboxylic acids is 1. The molecule has 0 aromatic rings. The Bertz CT molecular complexity index is 664. The summed E-state index contributed by atoms with van der Waals surface area (Å²) in [6.07, 6.45) is -0.248. The molecule has 4 amide bonds. The fourth-order valence-corrected chi connectivity index (χ4v) is 2.84. The molecule has 0 aliphatic carbocycles. The van der Waals surface area contributed by atoms with Crippen molar-refractivity contribution in [3.63, 3.8) is 0 Å². The second kappa shape index (κ2) is 15.4. The number of primary amides is 1. The normalized spacial score (nSPS) is 15.5. The lowest BCUT2D eigenvalue weighted by Crippen LogP contribution is -2.58. The monoisotopic (exact) mass is 478 g/mol. The molecule has 13 nitrogen and oxygen atoms in total. The van der Waals surface area contributed by atoms with E-state index in [9.17, 15) is 29.1 Å². The molecule has 5 atom stereocenters. The van der Waals surface area contributed by atoms with Crippen LogP contribution in [0.3, 0.4) is 0 Å². The van der Waals surface area contributed by atoms with E-state index < -0.39 is 59.9 Å². The number of carboxylic acid groups (broad SMARTS) is 1. The van der Waals surface area contributed by atoms with Crippen LogP contribution in [-0.2, 0) is 24.0 Å². The number of nitrogens with one attached hydrogen (secondary N) is 3. The highest BCUT2D eigenvalue weighted by atomic mass is 32.1. The predicted molar refractivity (Wildman–Crippen MR) is 118 cm³/mol. The van der Waals surface area contributed by atoms with E-state index in [0.29, 0.717) is 25.8 Å². The van der Waals surface area contributed by atoms with Crippen molar-refractivity contribution >= 4 is 42.2 Å². The van der Waals surface area contributed by atoms with E-state index in [4.69, 9.17) is 22.3 Å². The molecule has 0 saturated carbocycles. The Morgan fingerprint density at radius 1 is 0.938 bits per heavy atom. The van der Waals surface area contributed by atoms with Crippen molar-refractivity contribution in [1.29, 1.82) is 0 Å². The molecule has 0 fully saturated rings. The minimum absolute atomic E-state index is 0.122. The van der Waals surface area contributed by atoms with E-state index in [1.165, 1.54) is 6.92 Å². The molecule has 5 unspecified atom stereocenters. The lowest BCUT2D eigenvalue weighted by atomic mass is 10.1. The molecule has 0 spiro atoms. The number of hydrogen-bond acceptors (Lipinski definition) is 9. The minimum Gasteiger partial charge on any atom is -0.480 e. The van der Waals surface area contributed by atoms with E-state index in [-0.39, 0.29) is 18.6 Å². The summed E-state index contributed by atoms with van der Waals surface area (Å²) in [5.74, 6) is -4.69. The molecule has 11 N–H and O–H groups in total. The van der Waals surface area contributed by atoms with Crippen LogP contribution in [0.15, 0.2) is 0 Å². The number of aliphatic hydroxyl groups is 1. The Hall–Kier alpha value is -2.42. The third-order valence-corrected chi connectivity index (χ3v) is 4.85. The summed E-state index contributed by atoms with van der Waals surface area (Å²) < 4.78 is 0. The molecule has 0 aromatic carbocycles. The van der Waals surface area contributed by atoms with E-state index in [0.717, 1.165) is 0 Å². The Morgan fingerprint density at radius 2 is 1.50 bits per heavy atom. The van der Waals surface area contributed by atoms with Gasteiger partial charge in [-0.2, -0.15) is 12.6 Å². The summed E-state index contributed by atoms with van der Waals surface area (Å²) in [6.45, 7) is 1.63. The molecule has 14 heteroatoms. The number of nitrogens with two attached hydrogens (primary N) is 3. The Balaban J connectivity index is 5.23. The Labute approximate surface area is 191 Å². The van der Waals surface area contributed by atoms with Crippen LogP contribution in [0.2, 0.25) is 0 Å².